The second kappa shape index (κ2) is 11.1. The number of aliphatic imine (C=N–C) groups is 1. The van der Waals surface area contributed by atoms with Crippen molar-refractivity contribution in [1.29, 1.82) is 0 Å². The van der Waals surface area contributed by atoms with Gasteiger partial charge in [0.1, 0.15) is 11.6 Å². The van der Waals surface area contributed by atoms with Crippen LogP contribution in [0.2, 0.25) is 0 Å². The molecule has 7 nitrogen and oxygen atoms in total. The molecule has 0 aromatic carbocycles. The predicted molar refractivity (Wildman–Crippen MR) is 114 cm³/mol. The number of guanidine groups is 1. The molecular weight excluding hydrogens is 443 g/mol. The maximum atomic E-state index is 5.73. The van der Waals surface area contributed by atoms with Gasteiger partial charge in [-0.05, 0) is 32.6 Å². The molecule has 0 radical (unpaired) electrons. The number of hydrogen-bond donors (Lipinski definition) is 1. The number of nitrogens with zero attached hydrogens (tertiary/aromatic N) is 5. The topological polar surface area (TPSA) is 67.6 Å². The Bertz CT molecular complexity index is 568. The van der Waals surface area contributed by atoms with Crippen LogP contribution in [0.25, 0.3) is 0 Å². The number of halogens is 1. The molecule has 148 valence electrons. The first-order chi connectivity index (χ1) is 12.3. The van der Waals surface area contributed by atoms with Gasteiger partial charge in [-0.3, -0.25) is 4.99 Å². The molecule has 0 spiro atoms. The maximum absolute atomic E-state index is 5.73. The van der Waals surface area contributed by atoms with Gasteiger partial charge in [-0.1, -0.05) is 6.42 Å². The van der Waals surface area contributed by atoms with E-state index >= 15 is 0 Å². The van der Waals surface area contributed by atoms with Crippen LogP contribution in [-0.4, -0.2) is 65.0 Å². The monoisotopic (exact) mass is 476 g/mol. The highest BCUT2D eigenvalue weighted by atomic mass is 127. The van der Waals surface area contributed by atoms with E-state index in [-0.39, 0.29) is 24.0 Å². The first kappa shape index (κ1) is 21.4. The van der Waals surface area contributed by atoms with E-state index in [1.54, 1.807) is 0 Å². The van der Waals surface area contributed by atoms with Crippen LogP contribution in [-0.2, 0) is 24.1 Å². The average molecular weight is 476 g/mol. The highest BCUT2D eigenvalue weighted by Gasteiger charge is 2.21. The summed E-state index contributed by atoms with van der Waals surface area (Å²) in [7, 11) is 1.86. The van der Waals surface area contributed by atoms with E-state index in [0.717, 1.165) is 76.1 Å². The van der Waals surface area contributed by atoms with Crippen molar-refractivity contribution in [2.75, 3.05) is 33.3 Å². The number of ether oxygens (including phenoxy) is 1. The molecule has 2 aliphatic heterocycles. The van der Waals surface area contributed by atoms with Gasteiger partial charge in [0.2, 0.25) is 0 Å². The van der Waals surface area contributed by atoms with Gasteiger partial charge < -0.3 is 19.5 Å². The number of fused-ring (bicyclic) bond motifs is 1. The third-order valence-electron chi connectivity index (χ3n) is 5.17. The fourth-order valence-electron chi connectivity index (χ4n) is 3.82. The smallest absolute Gasteiger partial charge is 0.193 e. The summed E-state index contributed by atoms with van der Waals surface area (Å²) in [6, 6.07) is 0. The van der Waals surface area contributed by atoms with Gasteiger partial charge in [0.25, 0.3) is 0 Å². The fourth-order valence-corrected chi connectivity index (χ4v) is 3.82. The molecule has 0 bridgehead atoms. The van der Waals surface area contributed by atoms with E-state index < -0.39 is 0 Å². The fraction of sp³-hybridized carbons (Fsp3) is 0.833. The molecule has 1 aromatic rings. The summed E-state index contributed by atoms with van der Waals surface area (Å²) < 4.78 is 8.06. The molecule has 1 saturated heterocycles. The van der Waals surface area contributed by atoms with Crippen LogP contribution in [0.4, 0.5) is 0 Å². The Kier molecular flexibility index (Phi) is 9.10. The molecule has 0 unspecified atom stereocenters. The Balaban J connectivity index is 0.00000243. The van der Waals surface area contributed by atoms with Gasteiger partial charge in [-0.25, -0.2) is 0 Å². The molecule has 3 heterocycles. The van der Waals surface area contributed by atoms with Crippen LogP contribution >= 0.6 is 24.0 Å². The zero-order valence-electron chi connectivity index (χ0n) is 16.1. The molecule has 26 heavy (non-hydrogen) atoms. The van der Waals surface area contributed by atoms with Crippen LogP contribution in [0, 0.1) is 0 Å². The number of aromatic nitrogens is 3. The SMILES string of the molecule is CCOC1CCN(C(=NC)NCCc2nnc3n2CCCCC3)CC1.I. The van der Waals surface area contributed by atoms with Gasteiger partial charge in [0, 0.05) is 52.7 Å². The summed E-state index contributed by atoms with van der Waals surface area (Å²) in [5.74, 6) is 3.26. The summed E-state index contributed by atoms with van der Waals surface area (Å²) in [6.45, 7) is 6.79. The van der Waals surface area contributed by atoms with Crippen molar-refractivity contribution in [3.8, 4) is 0 Å². The van der Waals surface area contributed by atoms with E-state index in [1.807, 2.05) is 7.05 Å². The number of piperidine rings is 1. The standard InChI is InChI=1S/C18H32N6O.HI/c1-3-25-15-9-13-23(14-10-15)18(19-2)20-11-8-17-22-21-16-7-5-4-6-12-24(16)17;/h15H,3-14H2,1-2H3,(H,19,20);1H. The molecule has 1 aromatic heterocycles. The summed E-state index contributed by atoms with van der Waals surface area (Å²) >= 11 is 0. The average Bonchev–Trinajstić information content (AvgIpc) is 2.87. The Hall–Kier alpha value is -0.900. The Labute approximate surface area is 174 Å². The lowest BCUT2D eigenvalue weighted by atomic mass is 10.1. The van der Waals surface area contributed by atoms with E-state index in [4.69, 9.17) is 4.74 Å². The molecule has 0 atom stereocenters. The Morgan fingerprint density at radius 2 is 2.00 bits per heavy atom. The lowest BCUT2D eigenvalue weighted by molar-refractivity contribution is 0.0264. The number of likely N-dealkylation sites (tertiary alicyclic amines) is 1. The summed E-state index contributed by atoms with van der Waals surface area (Å²) in [6.07, 6.45) is 8.29. The summed E-state index contributed by atoms with van der Waals surface area (Å²) in [5.41, 5.74) is 0. The zero-order chi connectivity index (χ0) is 17.5. The van der Waals surface area contributed by atoms with Crippen molar-refractivity contribution in [3.05, 3.63) is 11.6 Å². The minimum atomic E-state index is 0. The molecule has 3 rings (SSSR count). The lowest BCUT2D eigenvalue weighted by Crippen LogP contribution is -2.47. The van der Waals surface area contributed by atoms with E-state index in [2.05, 4.69) is 36.9 Å². The first-order valence-electron chi connectivity index (χ1n) is 9.80. The lowest BCUT2D eigenvalue weighted by Gasteiger charge is -2.34. The van der Waals surface area contributed by atoms with Crippen LogP contribution in [0.15, 0.2) is 4.99 Å². The maximum Gasteiger partial charge on any atom is 0.193 e. The molecule has 1 fully saturated rings. The quantitative estimate of drug-likeness (QED) is 0.401. The van der Waals surface area contributed by atoms with Gasteiger partial charge in [-0.2, -0.15) is 0 Å². The molecule has 0 amide bonds. The first-order valence-corrected chi connectivity index (χ1v) is 9.80. The Morgan fingerprint density at radius 1 is 1.19 bits per heavy atom. The molecule has 2 aliphatic rings. The van der Waals surface area contributed by atoms with Crippen molar-refractivity contribution in [1.82, 2.24) is 25.0 Å². The highest BCUT2D eigenvalue weighted by Crippen LogP contribution is 2.15. The molecular formula is C18H33IN6O. The van der Waals surface area contributed by atoms with Crippen molar-refractivity contribution in [2.45, 2.75) is 64.5 Å². The van der Waals surface area contributed by atoms with Gasteiger partial charge in [0.15, 0.2) is 5.96 Å². The van der Waals surface area contributed by atoms with E-state index in [1.165, 1.54) is 19.3 Å². The second-order valence-electron chi connectivity index (χ2n) is 6.86. The molecule has 8 heteroatoms. The van der Waals surface area contributed by atoms with Crippen molar-refractivity contribution < 1.29 is 4.74 Å². The van der Waals surface area contributed by atoms with E-state index in [9.17, 15) is 0 Å². The van der Waals surface area contributed by atoms with Crippen molar-refractivity contribution >= 4 is 29.9 Å². The number of rotatable bonds is 5. The third-order valence-corrected chi connectivity index (χ3v) is 5.17. The Morgan fingerprint density at radius 3 is 2.73 bits per heavy atom. The molecule has 0 aliphatic carbocycles. The van der Waals surface area contributed by atoms with Crippen molar-refractivity contribution in [3.63, 3.8) is 0 Å². The summed E-state index contributed by atoms with van der Waals surface area (Å²) in [5, 5.41) is 12.3. The second-order valence-corrected chi connectivity index (χ2v) is 6.86. The number of hydrogen-bond acceptors (Lipinski definition) is 4. The van der Waals surface area contributed by atoms with Crippen LogP contribution in [0.3, 0.4) is 0 Å². The minimum Gasteiger partial charge on any atom is -0.378 e. The van der Waals surface area contributed by atoms with Gasteiger partial charge in [0.05, 0.1) is 6.10 Å². The number of aryl methyl sites for hydroxylation is 1. The largest absolute Gasteiger partial charge is 0.378 e. The van der Waals surface area contributed by atoms with Crippen LogP contribution in [0.1, 0.15) is 50.7 Å². The zero-order valence-corrected chi connectivity index (χ0v) is 18.4. The summed E-state index contributed by atoms with van der Waals surface area (Å²) in [4.78, 5) is 6.79. The predicted octanol–water partition coefficient (Wildman–Crippen LogP) is 2.24. The van der Waals surface area contributed by atoms with Crippen molar-refractivity contribution in [2.24, 2.45) is 4.99 Å². The number of nitrogens with one attached hydrogen (secondary N) is 1. The van der Waals surface area contributed by atoms with Gasteiger partial charge >= 0.3 is 0 Å². The van der Waals surface area contributed by atoms with Crippen LogP contribution in [0.5, 0.6) is 0 Å². The highest BCUT2D eigenvalue weighted by molar-refractivity contribution is 14.0. The van der Waals surface area contributed by atoms with E-state index in [0.29, 0.717) is 6.10 Å². The molecule has 1 N–H and O–H groups in total. The van der Waals surface area contributed by atoms with Crippen LogP contribution < -0.4 is 5.32 Å². The van der Waals surface area contributed by atoms with Gasteiger partial charge in [-0.15, -0.1) is 34.2 Å². The minimum absolute atomic E-state index is 0. The third kappa shape index (κ3) is 5.55. The molecule has 0 saturated carbocycles. The normalized spacial score (nSPS) is 18.8.